The molecular weight excluding hydrogens is 223 g/mol. The van der Waals surface area contributed by atoms with Gasteiger partial charge >= 0.3 is 0 Å². The van der Waals surface area contributed by atoms with E-state index in [4.69, 9.17) is 23.2 Å². The minimum atomic E-state index is -2.45. The molecule has 0 aromatic carbocycles. The molecule has 0 saturated carbocycles. The summed E-state index contributed by atoms with van der Waals surface area (Å²) in [5.41, 5.74) is 0. The van der Waals surface area contributed by atoms with Gasteiger partial charge in [-0.2, -0.15) is 0 Å². The van der Waals surface area contributed by atoms with Gasteiger partial charge in [-0.05, 0) is 11.6 Å². The summed E-state index contributed by atoms with van der Waals surface area (Å²) in [4.78, 5) is 7.19. The molecule has 0 aliphatic carbocycles. The lowest BCUT2D eigenvalue weighted by molar-refractivity contribution is 0.163. The molecule has 0 atom stereocenters. The fraction of sp³-hybridized carbons (Fsp3) is 0.333. The summed E-state index contributed by atoms with van der Waals surface area (Å²) in [6.07, 6.45) is -2.45. The smallest absolute Gasteiger partial charge is 0.255 e. The van der Waals surface area contributed by atoms with E-state index in [9.17, 15) is 8.78 Å². The number of aromatic nitrogens is 2. The van der Waals surface area contributed by atoms with Crippen LogP contribution in [0.15, 0.2) is 6.07 Å². The van der Waals surface area contributed by atoms with Crippen molar-refractivity contribution in [2.75, 3.05) is 11.9 Å². The Hall–Kier alpha value is -0.680. The molecule has 0 aliphatic rings. The Bertz CT molecular complexity index is 275. The van der Waals surface area contributed by atoms with Crippen molar-refractivity contribution in [2.45, 2.75) is 6.43 Å². The zero-order valence-electron chi connectivity index (χ0n) is 6.27. The maximum Gasteiger partial charge on any atom is 0.255 e. The number of hydrogen-bond donors (Lipinski definition) is 1. The maximum absolute atomic E-state index is 11.7. The van der Waals surface area contributed by atoms with Gasteiger partial charge in [0, 0.05) is 6.07 Å². The Kier molecular flexibility index (Phi) is 3.62. The fourth-order valence-corrected chi connectivity index (χ4v) is 1.07. The van der Waals surface area contributed by atoms with Gasteiger partial charge in [0.15, 0.2) is 0 Å². The summed E-state index contributed by atoms with van der Waals surface area (Å²) >= 11 is 10.9. The third-order valence-electron chi connectivity index (χ3n) is 1.11. The molecule has 0 saturated heterocycles. The number of nitrogens with one attached hydrogen (secondary N) is 1. The summed E-state index contributed by atoms with van der Waals surface area (Å²) < 4.78 is 23.5. The minimum absolute atomic E-state index is 0.0794. The Morgan fingerprint density at radius 2 is 2.08 bits per heavy atom. The average Bonchev–Trinajstić information content (AvgIpc) is 1.99. The highest BCUT2D eigenvalue weighted by molar-refractivity contribution is 6.32. The second-order valence-corrected chi connectivity index (χ2v) is 2.84. The highest BCUT2D eigenvalue weighted by Gasteiger charge is 2.04. The third-order valence-corrected chi connectivity index (χ3v) is 1.47. The van der Waals surface area contributed by atoms with E-state index in [0.29, 0.717) is 0 Å². The number of nitrogens with zero attached hydrogens (tertiary/aromatic N) is 2. The molecule has 0 aliphatic heterocycles. The SMILES string of the molecule is FC(F)CNc1cc(Cl)nc(Cl)n1. The maximum atomic E-state index is 11.7. The molecule has 1 aromatic heterocycles. The van der Waals surface area contributed by atoms with Gasteiger partial charge in [-0.15, -0.1) is 0 Å². The number of hydrogen-bond acceptors (Lipinski definition) is 3. The second kappa shape index (κ2) is 4.53. The molecule has 3 nitrogen and oxygen atoms in total. The normalized spacial score (nSPS) is 10.5. The Labute approximate surface area is 83.1 Å². The Balaban J connectivity index is 2.66. The molecule has 0 fully saturated rings. The molecule has 0 bridgehead atoms. The van der Waals surface area contributed by atoms with E-state index >= 15 is 0 Å². The van der Waals surface area contributed by atoms with Crippen LogP contribution in [-0.2, 0) is 0 Å². The number of anilines is 1. The lowest BCUT2D eigenvalue weighted by Gasteiger charge is -2.04. The molecule has 13 heavy (non-hydrogen) atoms. The summed E-state index contributed by atoms with van der Waals surface area (Å²) in [5, 5.41) is 2.38. The van der Waals surface area contributed by atoms with Crippen LogP contribution in [-0.4, -0.2) is 22.9 Å². The number of halogens is 4. The van der Waals surface area contributed by atoms with Crippen LogP contribution in [0.5, 0.6) is 0 Å². The van der Waals surface area contributed by atoms with Crippen LogP contribution in [0.2, 0.25) is 10.4 Å². The molecule has 1 rings (SSSR count). The van der Waals surface area contributed by atoms with E-state index in [-0.39, 0.29) is 16.3 Å². The highest BCUT2D eigenvalue weighted by Crippen LogP contribution is 2.14. The van der Waals surface area contributed by atoms with Crippen LogP contribution in [0.3, 0.4) is 0 Å². The van der Waals surface area contributed by atoms with Crippen LogP contribution in [0, 0.1) is 0 Å². The monoisotopic (exact) mass is 227 g/mol. The Morgan fingerprint density at radius 1 is 1.38 bits per heavy atom. The molecule has 1 aromatic rings. The molecule has 72 valence electrons. The van der Waals surface area contributed by atoms with Gasteiger partial charge in [0.25, 0.3) is 6.43 Å². The predicted octanol–water partition coefficient (Wildman–Crippen LogP) is 2.46. The van der Waals surface area contributed by atoms with E-state index in [1.165, 1.54) is 6.07 Å². The van der Waals surface area contributed by atoms with Crippen molar-refractivity contribution in [3.8, 4) is 0 Å². The standard InChI is InChI=1S/C6H5Cl2F2N3/c7-3-1-5(11-2-4(9)10)13-6(8)12-3/h1,4H,2H2,(H,11,12,13). The van der Waals surface area contributed by atoms with Gasteiger partial charge < -0.3 is 5.32 Å². The van der Waals surface area contributed by atoms with Crippen molar-refractivity contribution in [3.05, 3.63) is 16.5 Å². The quantitative estimate of drug-likeness (QED) is 0.637. The van der Waals surface area contributed by atoms with Crippen LogP contribution < -0.4 is 5.32 Å². The highest BCUT2D eigenvalue weighted by atomic mass is 35.5. The predicted molar refractivity (Wildman–Crippen MR) is 46.5 cm³/mol. The van der Waals surface area contributed by atoms with Crippen molar-refractivity contribution in [3.63, 3.8) is 0 Å². The summed E-state index contributed by atoms with van der Waals surface area (Å²) in [6.45, 7) is -0.496. The van der Waals surface area contributed by atoms with Crippen molar-refractivity contribution in [1.82, 2.24) is 9.97 Å². The largest absolute Gasteiger partial charge is 0.364 e. The first-order valence-corrected chi connectivity index (χ1v) is 4.05. The van der Waals surface area contributed by atoms with Crippen molar-refractivity contribution >= 4 is 29.0 Å². The van der Waals surface area contributed by atoms with Gasteiger partial charge in [-0.1, -0.05) is 11.6 Å². The topological polar surface area (TPSA) is 37.8 Å². The average molecular weight is 228 g/mol. The lowest BCUT2D eigenvalue weighted by Crippen LogP contribution is -2.11. The molecule has 1 heterocycles. The first-order valence-electron chi connectivity index (χ1n) is 3.30. The van der Waals surface area contributed by atoms with Crippen LogP contribution in [0.4, 0.5) is 14.6 Å². The van der Waals surface area contributed by atoms with E-state index in [2.05, 4.69) is 15.3 Å². The van der Waals surface area contributed by atoms with Crippen LogP contribution in [0.1, 0.15) is 0 Å². The van der Waals surface area contributed by atoms with Crippen molar-refractivity contribution in [1.29, 1.82) is 0 Å². The molecule has 1 N–H and O–H groups in total. The minimum Gasteiger partial charge on any atom is -0.364 e. The van der Waals surface area contributed by atoms with Crippen LogP contribution in [0.25, 0.3) is 0 Å². The summed E-state index contributed by atoms with van der Waals surface area (Å²) in [7, 11) is 0. The van der Waals surface area contributed by atoms with Crippen LogP contribution >= 0.6 is 23.2 Å². The Morgan fingerprint density at radius 3 is 2.62 bits per heavy atom. The number of rotatable bonds is 3. The molecule has 0 radical (unpaired) electrons. The van der Waals surface area contributed by atoms with Gasteiger partial charge in [-0.3, -0.25) is 0 Å². The second-order valence-electron chi connectivity index (χ2n) is 2.12. The first-order chi connectivity index (χ1) is 6.08. The van der Waals surface area contributed by atoms with Gasteiger partial charge in [0.2, 0.25) is 5.28 Å². The third kappa shape index (κ3) is 3.69. The zero-order valence-corrected chi connectivity index (χ0v) is 7.78. The molecule has 0 spiro atoms. The fourth-order valence-electron chi connectivity index (χ4n) is 0.662. The van der Waals surface area contributed by atoms with Crippen molar-refractivity contribution < 1.29 is 8.78 Å². The number of alkyl halides is 2. The van der Waals surface area contributed by atoms with Gasteiger partial charge in [0.1, 0.15) is 11.0 Å². The first kappa shape index (κ1) is 10.4. The molecular formula is C6H5Cl2F2N3. The summed E-state index contributed by atoms with van der Waals surface area (Å²) in [6, 6.07) is 1.32. The van der Waals surface area contributed by atoms with Gasteiger partial charge in [0.05, 0.1) is 6.54 Å². The lowest BCUT2D eigenvalue weighted by atomic mass is 10.5. The van der Waals surface area contributed by atoms with Gasteiger partial charge in [-0.25, -0.2) is 18.7 Å². The summed E-state index contributed by atoms with van der Waals surface area (Å²) in [5.74, 6) is 0.185. The van der Waals surface area contributed by atoms with E-state index < -0.39 is 13.0 Å². The zero-order chi connectivity index (χ0) is 9.84. The molecule has 0 unspecified atom stereocenters. The molecule has 0 amide bonds. The van der Waals surface area contributed by atoms with Crippen molar-refractivity contribution in [2.24, 2.45) is 0 Å². The molecule has 7 heteroatoms. The van der Waals surface area contributed by atoms with E-state index in [1.807, 2.05) is 0 Å². The van der Waals surface area contributed by atoms with E-state index in [0.717, 1.165) is 0 Å². The van der Waals surface area contributed by atoms with E-state index in [1.54, 1.807) is 0 Å².